The molecule has 7 heteroatoms. The second kappa shape index (κ2) is 5.41. The lowest BCUT2D eigenvalue weighted by Gasteiger charge is -2.09. The third-order valence-electron chi connectivity index (χ3n) is 1.30. The first kappa shape index (κ1) is 12.7. The number of rotatable bonds is 5. The smallest absolute Gasteiger partial charge is 0.225 e. The van der Waals surface area contributed by atoms with Gasteiger partial charge in [0.25, 0.3) is 0 Å². The number of hydrogen-bond acceptors (Lipinski definition) is 3. The molecule has 0 aromatic rings. The van der Waals surface area contributed by atoms with Crippen molar-refractivity contribution in [1.29, 1.82) is 0 Å². The maximum absolute atomic E-state index is 11.0. The van der Waals surface area contributed by atoms with Crippen LogP contribution >= 0.6 is 11.6 Å². The Kier molecular flexibility index (Phi) is 5.27. The lowest BCUT2D eigenvalue weighted by molar-refractivity contribution is -0.128. The number of sulfonamides is 1. The molecule has 13 heavy (non-hydrogen) atoms. The summed E-state index contributed by atoms with van der Waals surface area (Å²) in [5, 5.41) is -0.483. The highest BCUT2D eigenvalue weighted by atomic mass is 35.5. The van der Waals surface area contributed by atoms with Crippen LogP contribution in [-0.4, -0.2) is 45.1 Å². The van der Waals surface area contributed by atoms with Crippen LogP contribution in [0.2, 0.25) is 0 Å². The fraction of sp³-hybridized carbons (Fsp3) is 0.833. The van der Waals surface area contributed by atoms with Gasteiger partial charge in [0.1, 0.15) is 5.21 Å². The van der Waals surface area contributed by atoms with Crippen LogP contribution in [0, 0.1) is 0 Å². The average molecular weight is 229 g/mol. The number of amides is 1. The van der Waals surface area contributed by atoms with Gasteiger partial charge in [-0.3, -0.25) is 4.79 Å². The van der Waals surface area contributed by atoms with Crippen molar-refractivity contribution in [3.05, 3.63) is 0 Å². The molecule has 0 aliphatic heterocycles. The SMILES string of the molecule is CN(C)C(=O)CCNS(=O)(=O)CCl. The average Bonchev–Trinajstić information content (AvgIpc) is 2.04. The van der Waals surface area contributed by atoms with Gasteiger partial charge in [-0.1, -0.05) is 0 Å². The quantitative estimate of drug-likeness (QED) is 0.650. The van der Waals surface area contributed by atoms with Gasteiger partial charge in [-0.05, 0) is 0 Å². The molecule has 0 unspecified atom stereocenters. The van der Waals surface area contributed by atoms with Crippen molar-refractivity contribution in [2.24, 2.45) is 0 Å². The van der Waals surface area contributed by atoms with Crippen LogP contribution in [-0.2, 0) is 14.8 Å². The molecule has 0 saturated heterocycles. The van der Waals surface area contributed by atoms with Gasteiger partial charge in [0.15, 0.2) is 0 Å². The molecule has 0 aliphatic rings. The van der Waals surface area contributed by atoms with E-state index in [0.717, 1.165) is 0 Å². The summed E-state index contributed by atoms with van der Waals surface area (Å²) in [5.74, 6) is -0.128. The first-order valence-electron chi connectivity index (χ1n) is 3.62. The molecule has 0 aromatic heterocycles. The Morgan fingerprint density at radius 3 is 2.38 bits per heavy atom. The van der Waals surface area contributed by atoms with Crippen molar-refractivity contribution in [1.82, 2.24) is 9.62 Å². The van der Waals surface area contributed by atoms with Crippen molar-refractivity contribution in [2.75, 3.05) is 25.9 Å². The fourth-order valence-corrected chi connectivity index (χ4v) is 1.30. The molecular formula is C6H13ClN2O3S. The van der Waals surface area contributed by atoms with Crippen LogP contribution < -0.4 is 4.72 Å². The van der Waals surface area contributed by atoms with Crippen molar-refractivity contribution in [3.8, 4) is 0 Å². The highest BCUT2D eigenvalue weighted by Crippen LogP contribution is 1.90. The highest BCUT2D eigenvalue weighted by Gasteiger charge is 2.09. The maximum Gasteiger partial charge on any atom is 0.225 e. The van der Waals surface area contributed by atoms with Crippen molar-refractivity contribution in [3.63, 3.8) is 0 Å². The van der Waals surface area contributed by atoms with Crippen LogP contribution in [0.15, 0.2) is 0 Å². The van der Waals surface area contributed by atoms with E-state index in [9.17, 15) is 13.2 Å². The molecule has 0 heterocycles. The highest BCUT2D eigenvalue weighted by molar-refractivity contribution is 7.90. The number of alkyl halides is 1. The molecule has 0 atom stereocenters. The summed E-state index contributed by atoms with van der Waals surface area (Å²) in [6.07, 6.45) is 0.142. The Balaban J connectivity index is 3.76. The van der Waals surface area contributed by atoms with Gasteiger partial charge >= 0.3 is 0 Å². The van der Waals surface area contributed by atoms with Gasteiger partial charge in [0, 0.05) is 27.1 Å². The van der Waals surface area contributed by atoms with E-state index in [1.54, 1.807) is 14.1 Å². The zero-order valence-electron chi connectivity index (χ0n) is 7.58. The molecule has 0 aliphatic carbocycles. The largest absolute Gasteiger partial charge is 0.349 e. The molecular weight excluding hydrogens is 216 g/mol. The van der Waals surface area contributed by atoms with Gasteiger partial charge in [0.2, 0.25) is 15.9 Å². The summed E-state index contributed by atoms with van der Waals surface area (Å²) in [6, 6.07) is 0. The molecule has 1 N–H and O–H groups in total. The lowest BCUT2D eigenvalue weighted by Crippen LogP contribution is -2.30. The zero-order chi connectivity index (χ0) is 10.5. The maximum atomic E-state index is 11.0. The van der Waals surface area contributed by atoms with Gasteiger partial charge in [-0.25, -0.2) is 13.1 Å². The molecule has 0 saturated carbocycles. The number of nitrogens with one attached hydrogen (secondary N) is 1. The van der Waals surface area contributed by atoms with E-state index in [1.807, 2.05) is 0 Å². The normalized spacial score (nSPS) is 11.3. The first-order chi connectivity index (χ1) is 5.89. The summed E-state index contributed by atoms with van der Waals surface area (Å²) < 4.78 is 23.8. The standard InChI is InChI=1S/C6H13ClN2O3S/c1-9(2)6(10)3-4-8-13(11,12)5-7/h8H,3-5H2,1-2H3. The molecule has 78 valence electrons. The van der Waals surface area contributed by atoms with Gasteiger partial charge in [-0.2, -0.15) is 0 Å². The summed E-state index contributed by atoms with van der Waals surface area (Å²) in [4.78, 5) is 12.4. The van der Waals surface area contributed by atoms with Crippen LogP contribution in [0.5, 0.6) is 0 Å². The Hall–Kier alpha value is -0.330. The van der Waals surface area contributed by atoms with Crippen molar-refractivity contribution in [2.45, 2.75) is 6.42 Å². The second-order valence-corrected chi connectivity index (χ2v) is 5.05. The first-order valence-corrected chi connectivity index (χ1v) is 5.81. The van der Waals surface area contributed by atoms with Gasteiger partial charge < -0.3 is 4.90 Å². The minimum Gasteiger partial charge on any atom is -0.349 e. The third kappa shape index (κ3) is 5.84. The van der Waals surface area contributed by atoms with E-state index in [1.165, 1.54) is 4.90 Å². The van der Waals surface area contributed by atoms with Crippen molar-refractivity contribution >= 4 is 27.5 Å². The lowest BCUT2D eigenvalue weighted by atomic mass is 10.4. The predicted octanol–water partition coefficient (Wildman–Crippen LogP) is -0.420. The molecule has 0 bridgehead atoms. The molecule has 0 rings (SSSR count). The molecule has 0 radical (unpaired) electrons. The summed E-state index contributed by atoms with van der Waals surface area (Å²) in [6.45, 7) is 0.0894. The second-order valence-electron chi connectivity index (χ2n) is 2.66. The molecule has 0 fully saturated rings. The number of halogens is 1. The molecule has 5 nitrogen and oxygen atoms in total. The third-order valence-corrected chi connectivity index (χ3v) is 3.10. The van der Waals surface area contributed by atoms with Gasteiger partial charge in [-0.15, -0.1) is 11.6 Å². The van der Waals surface area contributed by atoms with Crippen LogP contribution in [0.3, 0.4) is 0 Å². The van der Waals surface area contributed by atoms with Crippen LogP contribution in [0.1, 0.15) is 6.42 Å². The molecule has 1 amide bonds. The van der Waals surface area contributed by atoms with Crippen LogP contribution in [0.4, 0.5) is 0 Å². The Morgan fingerprint density at radius 1 is 1.46 bits per heavy atom. The fourth-order valence-electron chi connectivity index (χ4n) is 0.576. The van der Waals surface area contributed by atoms with E-state index in [0.29, 0.717) is 0 Å². The van der Waals surface area contributed by atoms with Crippen molar-refractivity contribution < 1.29 is 13.2 Å². The van der Waals surface area contributed by atoms with Crippen LogP contribution in [0.25, 0.3) is 0 Å². The monoisotopic (exact) mass is 228 g/mol. The predicted molar refractivity (Wildman–Crippen MR) is 51.0 cm³/mol. The molecule has 0 aromatic carbocycles. The summed E-state index contributed by atoms with van der Waals surface area (Å²) in [7, 11) is -0.177. The van der Waals surface area contributed by atoms with Gasteiger partial charge in [0.05, 0.1) is 0 Å². The van der Waals surface area contributed by atoms with E-state index in [4.69, 9.17) is 11.6 Å². The zero-order valence-corrected chi connectivity index (χ0v) is 9.15. The Bertz CT molecular complexity index is 263. The Labute approximate surface area is 83.1 Å². The minimum absolute atomic E-state index is 0.0894. The number of carbonyl (C=O) groups is 1. The van der Waals surface area contributed by atoms with E-state index in [-0.39, 0.29) is 18.9 Å². The number of nitrogens with zero attached hydrogens (tertiary/aromatic N) is 1. The Morgan fingerprint density at radius 2 is 2.00 bits per heavy atom. The number of hydrogen-bond donors (Lipinski definition) is 1. The molecule has 0 spiro atoms. The van der Waals surface area contributed by atoms with E-state index in [2.05, 4.69) is 4.72 Å². The topological polar surface area (TPSA) is 66.5 Å². The summed E-state index contributed by atoms with van der Waals surface area (Å²) >= 11 is 5.13. The van der Waals surface area contributed by atoms with E-state index >= 15 is 0 Å². The summed E-state index contributed by atoms with van der Waals surface area (Å²) in [5.41, 5.74) is 0. The number of carbonyl (C=O) groups excluding carboxylic acids is 1. The van der Waals surface area contributed by atoms with E-state index < -0.39 is 15.2 Å². The minimum atomic E-state index is -3.40.